The summed E-state index contributed by atoms with van der Waals surface area (Å²) in [5, 5.41) is 6.29. The fourth-order valence-electron chi connectivity index (χ4n) is 6.20. The first-order valence-corrected chi connectivity index (χ1v) is 17.1. The number of hydrogen-bond acceptors (Lipinski definition) is 5. The van der Waals surface area contributed by atoms with Crippen LogP contribution in [-0.4, -0.2) is 7.05 Å². The van der Waals surface area contributed by atoms with Gasteiger partial charge in [0.15, 0.2) is 0 Å². The Hall–Kier alpha value is -6.04. The number of allylic oxidation sites excluding steroid dienone is 5. The van der Waals surface area contributed by atoms with Crippen LogP contribution >= 0.6 is 11.3 Å². The summed E-state index contributed by atoms with van der Waals surface area (Å²) in [7, 11) is 2.05. The van der Waals surface area contributed by atoms with Crippen molar-refractivity contribution in [1.29, 1.82) is 0 Å². The Balaban J connectivity index is 1.23. The molecular formula is C44H38N4S. The van der Waals surface area contributed by atoms with E-state index in [2.05, 4.69) is 139 Å². The molecule has 0 aliphatic rings. The molecule has 5 N–H and O–H groups in total. The van der Waals surface area contributed by atoms with Crippen molar-refractivity contribution < 1.29 is 0 Å². The van der Waals surface area contributed by atoms with E-state index in [4.69, 9.17) is 11.5 Å². The van der Waals surface area contributed by atoms with Crippen molar-refractivity contribution in [3.63, 3.8) is 0 Å². The molecule has 240 valence electrons. The number of benzene rings is 6. The second-order valence-corrected chi connectivity index (χ2v) is 13.2. The molecule has 0 atom stereocenters. The van der Waals surface area contributed by atoms with Gasteiger partial charge in [-0.25, -0.2) is 0 Å². The Morgan fingerprint density at radius 1 is 0.694 bits per heavy atom. The predicted molar refractivity (Wildman–Crippen MR) is 216 cm³/mol. The first-order valence-electron chi connectivity index (χ1n) is 16.3. The van der Waals surface area contributed by atoms with Gasteiger partial charge >= 0.3 is 0 Å². The summed E-state index contributed by atoms with van der Waals surface area (Å²) in [4.78, 5) is 2.14. The van der Waals surface area contributed by atoms with Gasteiger partial charge in [0.05, 0.1) is 11.4 Å². The molecule has 0 saturated carbocycles. The van der Waals surface area contributed by atoms with Crippen LogP contribution in [0.3, 0.4) is 0 Å². The van der Waals surface area contributed by atoms with Crippen LogP contribution in [0, 0.1) is 0 Å². The van der Waals surface area contributed by atoms with Gasteiger partial charge in [0.1, 0.15) is 0 Å². The normalized spacial score (nSPS) is 11.6. The molecule has 1 aromatic heterocycles. The molecule has 7 rings (SSSR count). The van der Waals surface area contributed by atoms with Crippen molar-refractivity contribution in [3.8, 4) is 22.3 Å². The van der Waals surface area contributed by atoms with Crippen LogP contribution in [-0.2, 0) is 0 Å². The fourth-order valence-corrected chi connectivity index (χ4v) is 7.29. The molecular weight excluding hydrogens is 617 g/mol. The van der Waals surface area contributed by atoms with E-state index in [1.807, 2.05) is 54.7 Å². The summed E-state index contributed by atoms with van der Waals surface area (Å²) in [5.74, 6) is 0. The smallest absolute Gasteiger partial charge is 0.0568 e. The Morgan fingerprint density at radius 3 is 2.24 bits per heavy atom. The average Bonchev–Trinajstić information content (AvgIpc) is 3.50. The Bertz CT molecular complexity index is 2380. The molecule has 0 saturated heterocycles. The van der Waals surface area contributed by atoms with E-state index in [0.29, 0.717) is 11.4 Å². The monoisotopic (exact) mass is 654 g/mol. The number of rotatable bonds is 9. The number of thiophene rings is 1. The molecule has 0 aliphatic heterocycles. The first-order chi connectivity index (χ1) is 23.9. The molecule has 0 unspecified atom stereocenters. The third-order valence-electron chi connectivity index (χ3n) is 8.87. The maximum absolute atomic E-state index is 6.14. The molecule has 0 bridgehead atoms. The lowest BCUT2D eigenvalue weighted by Crippen LogP contribution is -2.11. The Morgan fingerprint density at radius 2 is 1.43 bits per heavy atom. The quantitative estimate of drug-likeness (QED) is 0.107. The molecule has 5 heteroatoms. The van der Waals surface area contributed by atoms with Crippen molar-refractivity contribution in [2.45, 2.75) is 6.92 Å². The van der Waals surface area contributed by atoms with Crippen LogP contribution in [0.25, 0.3) is 48.0 Å². The molecule has 7 aromatic rings. The minimum Gasteiger partial charge on any atom is -0.397 e. The largest absolute Gasteiger partial charge is 0.397 e. The van der Waals surface area contributed by atoms with E-state index in [1.54, 1.807) is 0 Å². The van der Waals surface area contributed by atoms with Crippen molar-refractivity contribution in [1.82, 2.24) is 0 Å². The predicted octanol–water partition coefficient (Wildman–Crippen LogP) is 12.2. The zero-order valence-corrected chi connectivity index (χ0v) is 28.5. The molecule has 6 aromatic carbocycles. The van der Waals surface area contributed by atoms with E-state index >= 15 is 0 Å². The van der Waals surface area contributed by atoms with E-state index in [0.717, 1.165) is 56.1 Å². The zero-order valence-electron chi connectivity index (χ0n) is 27.7. The van der Waals surface area contributed by atoms with Gasteiger partial charge < -0.3 is 21.7 Å². The lowest BCUT2D eigenvalue weighted by Gasteiger charge is -2.23. The summed E-state index contributed by atoms with van der Waals surface area (Å²) in [5.41, 5.74) is 23.9. The minimum atomic E-state index is 0.573. The number of nitrogen functional groups attached to an aromatic ring is 2. The SMILES string of the molecule is C=C(/C=C\C=C/C)c1ccc(-c2ccc(-c3ccccc3N(C)c3ccc(N)c(N)c3)cc2)cc1Nc1ccc2sc3ccccc3c2c1. The number of para-hydroxylation sites is 1. The minimum absolute atomic E-state index is 0.573. The van der Waals surface area contributed by atoms with Crippen molar-refractivity contribution >= 4 is 71.2 Å². The Labute approximate surface area is 292 Å². The highest BCUT2D eigenvalue weighted by atomic mass is 32.1. The second-order valence-electron chi connectivity index (χ2n) is 12.1. The van der Waals surface area contributed by atoms with Crippen LogP contribution in [0.1, 0.15) is 12.5 Å². The van der Waals surface area contributed by atoms with Gasteiger partial charge in [-0.3, -0.25) is 0 Å². The topological polar surface area (TPSA) is 67.3 Å². The molecule has 0 amide bonds. The third-order valence-corrected chi connectivity index (χ3v) is 10.0. The maximum atomic E-state index is 6.14. The number of nitrogens with zero attached hydrogens (tertiary/aromatic N) is 1. The average molecular weight is 655 g/mol. The number of nitrogens with two attached hydrogens (primary N) is 2. The van der Waals surface area contributed by atoms with Crippen LogP contribution in [0.15, 0.2) is 158 Å². The van der Waals surface area contributed by atoms with Crippen molar-refractivity contribution in [2.24, 2.45) is 0 Å². The van der Waals surface area contributed by atoms with Gasteiger partial charge in [0.25, 0.3) is 0 Å². The van der Waals surface area contributed by atoms with E-state index in [-0.39, 0.29) is 0 Å². The highest BCUT2D eigenvalue weighted by molar-refractivity contribution is 7.25. The Kier molecular flexibility index (Phi) is 8.75. The van der Waals surface area contributed by atoms with Gasteiger partial charge in [-0.2, -0.15) is 0 Å². The summed E-state index contributed by atoms with van der Waals surface area (Å²) in [6.07, 6.45) is 8.11. The third kappa shape index (κ3) is 6.45. The number of nitrogens with one attached hydrogen (secondary N) is 1. The van der Waals surface area contributed by atoms with Gasteiger partial charge in [0.2, 0.25) is 0 Å². The molecule has 0 spiro atoms. The maximum Gasteiger partial charge on any atom is 0.0568 e. The lowest BCUT2D eigenvalue weighted by molar-refractivity contribution is 1.21. The first kappa shape index (κ1) is 31.6. The van der Waals surface area contributed by atoms with Gasteiger partial charge in [-0.05, 0) is 83.8 Å². The fraction of sp³-hybridized carbons (Fsp3) is 0.0455. The standard InChI is InChI=1S/C44H38N4S/c1-4-5-6-11-29(2)35-23-20-32(26-41(35)47-33-21-25-44-38(27-33)37-13-8-10-15-43(37)49-44)30-16-18-31(19-17-30)36-12-7-9-14-42(36)48(3)34-22-24-39(45)40(46)28-34/h4-28,47H,2,45-46H2,1,3H3/b5-4-,11-6-. The van der Waals surface area contributed by atoms with E-state index in [9.17, 15) is 0 Å². The van der Waals surface area contributed by atoms with Gasteiger partial charge in [-0.1, -0.05) is 104 Å². The highest BCUT2D eigenvalue weighted by Crippen LogP contribution is 2.39. The summed E-state index contributed by atoms with van der Waals surface area (Å²) >= 11 is 1.83. The second kappa shape index (κ2) is 13.6. The van der Waals surface area contributed by atoms with Crippen molar-refractivity contribution in [2.75, 3.05) is 28.7 Å². The van der Waals surface area contributed by atoms with Crippen molar-refractivity contribution in [3.05, 3.63) is 164 Å². The summed E-state index contributed by atoms with van der Waals surface area (Å²) in [6.45, 7) is 6.42. The van der Waals surface area contributed by atoms with E-state index < -0.39 is 0 Å². The molecule has 1 heterocycles. The molecule has 0 radical (unpaired) electrons. The van der Waals surface area contributed by atoms with Gasteiger partial charge in [-0.15, -0.1) is 11.3 Å². The summed E-state index contributed by atoms with van der Waals surface area (Å²) < 4.78 is 2.58. The zero-order chi connectivity index (χ0) is 33.9. The van der Waals surface area contributed by atoms with E-state index in [1.165, 1.54) is 20.2 Å². The highest BCUT2D eigenvalue weighted by Gasteiger charge is 2.14. The van der Waals surface area contributed by atoms with Crippen LogP contribution in [0.2, 0.25) is 0 Å². The molecule has 0 aliphatic carbocycles. The molecule has 0 fully saturated rings. The van der Waals surface area contributed by atoms with Gasteiger partial charge in [0, 0.05) is 61.1 Å². The number of anilines is 6. The van der Waals surface area contributed by atoms with Crippen LogP contribution in [0.5, 0.6) is 0 Å². The molecule has 4 nitrogen and oxygen atoms in total. The van der Waals surface area contributed by atoms with Crippen LogP contribution < -0.4 is 21.7 Å². The lowest BCUT2D eigenvalue weighted by atomic mass is 9.96. The molecule has 49 heavy (non-hydrogen) atoms. The number of hydrogen-bond donors (Lipinski definition) is 3. The number of fused-ring (bicyclic) bond motifs is 3. The summed E-state index contributed by atoms with van der Waals surface area (Å²) in [6, 6.07) is 44.7. The van der Waals surface area contributed by atoms with Crippen LogP contribution in [0.4, 0.5) is 34.1 Å².